The third-order valence-corrected chi connectivity index (χ3v) is 3.29. The molecular formula is C11H22N4O. The van der Waals surface area contributed by atoms with E-state index < -0.39 is 0 Å². The average Bonchev–Trinajstić information content (AvgIpc) is 2.77. The second-order valence-corrected chi connectivity index (χ2v) is 4.04. The summed E-state index contributed by atoms with van der Waals surface area (Å²) in [5, 5.41) is 4.25. The Morgan fingerprint density at radius 3 is 2.75 bits per heavy atom. The molecule has 0 fully saturated rings. The molecule has 0 amide bonds. The highest BCUT2D eigenvalue weighted by atomic mass is 16.5. The highest BCUT2D eigenvalue weighted by molar-refractivity contribution is 5.12. The van der Waals surface area contributed by atoms with Gasteiger partial charge >= 0.3 is 0 Å². The molecule has 0 aromatic carbocycles. The van der Waals surface area contributed by atoms with E-state index in [4.69, 9.17) is 10.6 Å². The summed E-state index contributed by atoms with van der Waals surface area (Å²) in [7, 11) is 1.71. The lowest BCUT2D eigenvalue weighted by Crippen LogP contribution is -2.46. The van der Waals surface area contributed by atoms with E-state index in [1.807, 2.05) is 17.7 Å². The molecule has 0 aliphatic rings. The number of hydrazine groups is 1. The third kappa shape index (κ3) is 2.26. The van der Waals surface area contributed by atoms with Crippen LogP contribution in [0.5, 0.6) is 0 Å². The minimum Gasteiger partial charge on any atom is -0.376 e. The zero-order valence-corrected chi connectivity index (χ0v) is 10.5. The minimum absolute atomic E-state index is 0.0649. The number of hydrogen-bond acceptors (Lipinski definition) is 4. The Balaban J connectivity index is 3.06. The molecule has 1 rings (SSSR count). The van der Waals surface area contributed by atoms with Crippen LogP contribution in [0.4, 0.5) is 0 Å². The molecule has 2 unspecified atom stereocenters. The van der Waals surface area contributed by atoms with Gasteiger partial charge in [0.2, 0.25) is 0 Å². The fourth-order valence-corrected chi connectivity index (χ4v) is 1.89. The summed E-state index contributed by atoms with van der Waals surface area (Å²) in [6, 6.07) is 1.91. The van der Waals surface area contributed by atoms with E-state index in [9.17, 15) is 0 Å². The van der Waals surface area contributed by atoms with Crippen molar-refractivity contribution >= 4 is 0 Å². The highest BCUT2D eigenvalue weighted by Crippen LogP contribution is 2.30. The van der Waals surface area contributed by atoms with Gasteiger partial charge in [0.05, 0.1) is 17.3 Å². The number of nitrogens with two attached hydrogens (primary N) is 1. The second kappa shape index (κ2) is 5.43. The van der Waals surface area contributed by atoms with Gasteiger partial charge in [0.25, 0.3) is 0 Å². The molecule has 0 saturated carbocycles. The van der Waals surface area contributed by atoms with Crippen LogP contribution in [0.1, 0.15) is 38.9 Å². The Hall–Kier alpha value is -0.910. The lowest BCUT2D eigenvalue weighted by molar-refractivity contribution is -0.0322. The van der Waals surface area contributed by atoms with Crippen molar-refractivity contribution in [3.63, 3.8) is 0 Å². The fourth-order valence-electron chi connectivity index (χ4n) is 1.89. The maximum Gasteiger partial charge on any atom is 0.0915 e. The summed E-state index contributed by atoms with van der Waals surface area (Å²) >= 11 is 0. The smallest absolute Gasteiger partial charge is 0.0915 e. The Labute approximate surface area is 96.9 Å². The first-order valence-electron chi connectivity index (χ1n) is 5.65. The first-order chi connectivity index (χ1) is 7.62. The van der Waals surface area contributed by atoms with Gasteiger partial charge in [0, 0.05) is 19.9 Å². The van der Waals surface area contributed by atoms with Crippen molar-refractivity contribution in [2.45, 2.75) is 45.4 Å². The molecule has 1 aromatic rings. The molecule has 0 aliphatic carbocycles. The summed E-state index contributed by atoms with van der Waals surface area (Å²) in [6.45, 7) is 7.01. The van der Waals surface area contributed by atoms with Crippen molar-refractivity contribution in [2.24, 2.45) is 5.84 Å². The van der Waals surface area contributed by atoms with E-state index >= 15 is 0 Å². The lowest BCUT2D eigenvalue weighted by atomic mass is 9.91. The topological polar surface area (TPSA) is 65.1 Å². The molecule has 0 radical (unpaired) electrons. The molecule has 2 atom stereocenters. The van der Waals surface area contributed by atoms with Gasteiger partial charge in [-0.05, 0) is 26.3 Å². The van der Waals surface area contributed by atoms with Crippen molar-refractivity contribution in [1.82, 2.24) is 15.2 Å². The Bertz CT molecular complexity index is 320. The first-order valence-corrected chi connectivity index (χ1v) is 5.65. The maximum atomic E-state index is 5.65. The molecule has 5 heteroatoms. The second-order valence-electron chi connectivity index (χ2n) is 4.04. The van der Waals surface area contributed by atoms with Crippen LogP contribution in [-0.4, -0.2) is 22.5 Å². The Kier molecular flexibility index (Phi) is 4.46. The molecule has 16 heavy (non-hydrogen) atoms. The summed E-state index contributed by atoms with van der Waals surface area (Å²) in [5.74, 6) is 5.65. The molecule has 0 aliphatic heterocycles. The molecular weight excluding hydrogens is 204 g/mol. The fraction of sp³-hybridized carbons (Fsp3) is 0.727. The Morgan fingerprint density at radius 1 is 1.62 bits per heavy atom. The van der Waals surface area contributed by atoms with Crippen LogP contribution < -0.4 is 11.3 Å². The van der Waals surface area contributed by atoms with Gasteiger partial charge in [-0.1, -0.05) is 6.92 Å². The van der Waals surface area contributed by atoms with Crippen LogP contribution in [0, 0.1) is 0 Å². The predicted octanol–water partition coefficient (Wildman–Crippen LogP) is 1.22. The van der Waals surface area contributed by atoms with E-state index in [0.29, 0.717) is 0 Å². The average molecular weight is 226 g/mol. The number of ether oxygens (including phenoxy) is 1. The van der Waals surface area contributed by atoms with Crippen LogP contribution >= 0.6 is 0 Å². The third-order valence-electron chi connectivity index (χ3n) is 3.29. The number of hydrogen-bond donors (Lipinski definition) is 2. The number of methoxy groups -OCH3 is 1. The van der Waals surface area contributed by atoms with Crippen molar-refractivity contribution in [1.29, 1.82) is 0 Å². The number of aromatic nitrogens is 2. The molecule has 0 bridgehead atoms. The van der Waals surface area contributed by atoms with E-state index in [0.717, 1.165) is 18.7 Å². The van der Waals surface area contributed by atoms with Gasteiger partial charge in [0.15, 0.2) is 0 Å². The van der Waals surface area contributed by atoms with E-state index in [1.165, 1.54) is 0 Å². The van der Waals surface area contributed by atoms with Gasteiger partial charge in [0.1, 0.15) is 0 Å². The summed E-state index contributed by atoms with van der Waals surface area (Å²) in [5.41, 5.74) is 3.56. The number of nitrogens with zero attached hydrogens (tertiary/aromatic N) is 2. The van der Waals surface area contributed by atoms with E-state index in [1.54, 1.807) is 13.3 Å². The van der Waals surface area contributed by atoms with Gasteiger partial charge in [-0.15, -0.1) is 0 Å². The summed E-state index contributed by atoms with van der Waals surface area (Å²) in [4.78, 5) is 0. The SMILES string of the molecule is CCn1nccc1C(NN)C(C)(CC)OC. The summed E-state index contributed by atoms with van der Waals surface area (Å²) < 4.78 is 7.51. The molecule has 0 saturated heterocycles. The zero-order valence-electron chi connectivity index (χ0n) is 10.5. The molecule has 3 N–H and O–H groups in total. The van der Waals surface area contributed by atoms with Crippen LogP contribution in [0.2, 0.25) is 0 Å². The van der Waals surface area contributed by atoms with Gasteiger partial charge in [-0.3, -0.25) is 10.5 Å². The van der Waals surface area contributed by atoms with E-state index in [-0.39, 0.29) is 11.6 Å². The van der Waals surface area contributed by atoms with Gasteiger partial charge in [-0.25, -0.2) is 5.43 Å². The first kappa shape index (κ1) is 13.2. The van der Waals surface area contributed by atoms with E-state index in [2.05, 4.69) is 24.4 Å². The molecule has 5 nitrogen and oxygen atoms in total. The zero-order chi connectivity index (χ0) is 12.2. The van der Waals surface area contributed by atoms with Crippen LogP contribution in [0.3, 0.4) is 0 Å². The van der Waals surface area contributed by atoms with Crippen molar-refractivity contribution < 1.29 is 4.74 Å². The molecule has 1 heterocycles. The molecule has 92 valence electrons. The van der Waals surface area contributed by atoms with Gasteiger partial charge in [-0.2, -0.15) is 5.10 Å². The normalized spacial score (nSPS) is 17.1. The van der Waals surface area contributed by atoms with Crippen LogP contribution in [-0.2, 0) is 11.3 Å². The van der Waals surface area contributed by atoms with Crippen molar-refractivity contribution in [3.8, 4) is 0 Å². The quantitative estimate of drug-likeness (QED) is 0.565. The maximum absolute atomic E-state index is 5.65. The Morgan fingerprint density at radius 2 is 2.31 bits per heavy atom. The largest absolute Gasteiger partial charge is 0.376 e. The number of rotatable bonds is 6. The minimum atomic E-state index is -0.332. The lowest BCUT2D eigenvalue weighted by Gasteiger charge is -2.35. The highest BCUT2D eigenvalue weighted by Gasteiger charge is 2.35. The monoisotopic (exact) mass is 226 g/mol. The number of aryl methyl sites for hydroxylation is 1. The molecule has 0 spiro atoms. The molecule has 1 aromatic heterocycles. The van der Waals surface area contributed by atoms with Crippen molar-refractivity contribution in [2.75, 3.05) is 7.11 Å². The predicted molar refractivity (Wildman–Crippen MR) is 63.7 cm³/mol. The van der Waals surface area contributed by atoms with Crippen molar-refractivity contribution in [3.05, 3.63) is 18.0 Å². The number of nitrogens with one attached hydrogen (secondary N) is 1. The van der Waals surface area contributed by atoms with Crippen LogP contribution in [0.15, 0.2) is 12.3 Å². The van der Waals surface area contributed by atoms with Crippen LogP contribution in [0.25, 0.3) is 0 Å². The van der Waals surface area contributed by atoms with Gasteiger partial charge < -0.3 is 4.74 Å². The summed E-state index contributed by atoms with van der Waals surface area (Å²) in [6.07, 6.45) is 2.65. The standard InChI is InChI=1S/C11H22N4O/c1-5-11(3,16-4)10(14-12)9-7-8-13-15(9)6-2/h7-8,10,14H,5-6,12H2,1-4H3.